The first-order chi connectivity index (χ1) is 7.08. The van der Waals surface area contributed by atoms with Crippen molar-refractivity contribution in [3.05, 3.63) is 34.9 Å². The number of likely N-dealkylation sites (N-methyl/N-ethyl adjacent to an activating group) is 1. The van der Waals surface area contributed by atoms with Crippen molar-refractivity contribution in [2.75, 3.05) is 7.05 Å². The second-order valence-corrected chi connectivity index (χ2v) is 4.36. The zero-order valence-corrected chi connectivity index (χ0v) is 9.03. The largest absolute Gasteiger partial charge is 0.314 e. The van der Waals surface area contributed by atoms with Crippen molar-refractivity contribution >= 4 is 0 Å². The van der Waals surface area contributed by atoms with Crippen LogP contribution in [0.4, 0.5) is 8.78 Å². The molecule has 1 nitrogen and oxygen atoms in total. The molecule has 0 amide bonds. The molecule has 1 aromatic carbocycles. The third-order valence-corrected chi connectivity index (χ3v) is 3.28. The molecule has 0 heterocycles. The third-order valence-electron chi connectivity index (χ3n) is 3.28. The minimum atomic E-state index is -0.431. The summed E-state index contributed by atoms with van der Waals surface area (Å²) >= 11 is 0. The molecule has 0 spiro atoms. The molecule has 2 rings (SSSR count). The number of nitrogens with one attached hydrogen (secondary N) is 1. The lowest BCUT2D eigenvalue weighted by atomic mass is 10.0. The highest BCUT2D eigenvalue weighted by atomic mass is 19.1. The van der Waals surface area contributed by atoms with Gasteiger partial charge in [-0.25, -0.2) is 8.78 Å². The van der Waals surface area contributed by atoms with Crippen LogP contribution in [0.3, 0.4) is 0 Å². The van der Waals surface area contributed by atoms with E-state index in [-0.39, 0.29) is 11.1 Å². The van der Waals surface area contributed by atoms with E-state index in [4.69, 9.17) is 0 Å². The SMILES string of the molecule is CNC1(Cc2c(F)ccc(C)c2F)CC1. The fraction of sp³-hybridized carbons (Fsp3) is 0.500. The van der Waals surface area contributed by atoms with E-state index >= 15 is 0 Å². The number of aryl methyl sites for hydroxylation is 1. The van der Waals surface area contributed by atoms with Gasteiger partial charge in [-0.1, -0.05) is 6.07 Å². The lowest BCUT2D eigenvalue weighted by molar-refractivity contribution is 0.492. The maximum absolute atomic E-state index is 13.7. The van der Waals surface area contributed by atoms with Gasteiger partial charge in [0.25, 0.3) is 0 Å². The van der Waals surface area contributed by atoms with Gasteiger partial charge in [0.15, 0.2) is 0 Å². The van der Waals surface area contributed by atoms with Gasteiger partial charge in [-0.3, -0.25) is 0 Å². The van der Waals surface area contributed by atoms with Crippen LogP contribution in [0.25, 0.3) is 0 Å². The van der Waals surface area contributed by atoms with E-state index in [0.29, 0.717) is 12.0 Å². The Morgan fingerprint density at radius 1 is 1.33 bits per heavy atom. The summed E-state index contributed by atoms with van der Waals surface area (Å²) in [4.78, 5) is 0. The first-order valence-electron chi connectivity index (χ1n) is 5.20. The fourth-order valence-electron chi connectivity index (χ4n) is 1.88. The topological polar surface area (TPSA) is 12.0 Å². The molecule has 0 radical (unpaired) electrons. The van der Waals surface area contributed by atoms with E-state index < -0.39 is 11.6 Å². The molecule has 0 saturated heterocycles. The van der Waals surface area contributed by atoms with Crippen LogP contribution >= 0.6 is 0 Å². The summed E-state index contributed by atoms with van der Waals surface area (Å²) in [5.74, 6) is -0.823. The van der Waals surface area contributed by atoms with E-state index in [9.17, 15) is 8.78 Å². The van der Waals surface area contributed by atoms with Crippen molar-refractivity contribution in [2.45, 2.75) is 31.7 Å². The molecule has 82 valence electrons. The molecule has 1 fully saturated rings. The molecule has 3 heteroatoms. The predicted octanol–water partition coefficient (Wildman–Crippen LogP) is 2.57. The molecular formula is C12H15F2N. The van der Waals surface area contributed by atoms with Crippen molar-refractivity contribution in [1.29, 1.82) is 0 Å². The summed E-state index contributed by atoms with van der Waals surface area (Å²) in [6.45, 7) is 1.66. The van der Waals surface area contributed by atoms with E-state index in [0.717, 1.165) is 12.8 Å². The van der Waals surface area contributed by atoms with Crippen molar-refractivity contribution < 1.29 is 8.78 Å². The van der Waals surface area contributed by atoms with E-state index in [1.807, 2.05) is 7.05 Å². The minimum absolute atomic E-state index is 0.0600. The van der Waals surface area contributed by atoms with Gasteiger partial charge in [-0.2, -0.15) is 0 Å². The average Bonchev–Trinajstić information content (AvgIpc) is 3.00. The highest BCUT2D eigenvalue weighted by Crippen LogP contribution is 2.39. The molecule has 0 atom stereocenters. The number of hydrogen-bond donors (Lipinski definition) is 1. The highest BCUT2D eigenvalue weighted by molar-refractivity contribution is 5.29. The van der Waals surface area contributed by atoms with E-state index in [2.05, 4.69) is 5.32 Å². The van der Waals surface area contributed by atoms with Gasteiger partial charge in [0.1, 0.15) is 11.6 Å². The lowest BCUT2D eigenvalue weighted by Crippen LogP contribution is -2.30. The highest BCUT2D eigenvalue weighted by Gasteiger charge is 2.42. The van der Waals surface area contributed by atoms with E-state index in [1.54, 1.807) is 6.92 Å². The molecule has 0 aromatic heterocycles. The van der Waals surface area contributed by atoms with Crippen LogP contribution in [-0.4, -0.2) is 12.6 Å². The molecule has 1 aliphatic rings. The Bertz CT molecular complexity index is 383. The number of benzene rings is 1. The normalized spacial score (nSPS) is 17.9. The van der Waals surface area contributed by atoms with Crippen LogP contribution in [0.5, 0.6) is 0 Å². The molecular weight excluding hydrogens is 196 g/mol. The van der Waals surface area contributed by atoms with Crippen LogP contribution in [0, 0.1) is 18.6 Å². The number of hydrogen-bond acceptors (Lipinski definition) is 1. The van der Waals surface area contributed by atoms with Crippen molar-refractivity contribution in [3.63, 3.8) is 0 Å². The summed E-state index contributed by atoms with van der Waals surface area (Å²) in [6, 6.07) is 2.83. The maximum Gasteiger partial charge on any atom is 0.132 e. The number of halogens is 2. The molecule has 1 aromatic rings. The first-order valence-corrected chi connectivity index (χ1v) is 5.20. The Labute approximate surface area is 88.5 Å². The lowest BCUT2D eigenvalue weighted by Gasteiger charge is -2.15. The zero-order chi connectivity index (χ0) is 11.1. The monoisotopic (exact) mass is 211 g/mol. The number of rotatable bonds is 3. The summed E-state index contributed by atoms with van der Waals surface area (Å²) in [6.07, 6.45) is 2.44. The van der Waals surface area contributed by atoms with Gasteiger partial charge in [0.05, 0.1) is 0 Å². The summed E-state index contributed by atoms with van der Waals surface area (Å²) in [7, 11) is 1.85. The van der Waals surface area contributed by atoms with Gasteiger partial charge >= 0.3 is 0 Å². The Balaban J connectivity index is 2.31. The summed E-state index contributed by atoms with van der Waals surface area (Å²) in [5.41, 5.74) is 0.676. The molecule has 0 unspecified atom stereocenters. The standard InChI is InChI=1S/C12H15F2N/c1-8-3-4-10(13)9(11(8)14)7-12(15-2)5-6-12/h3-4,15H,5-7H2,1-2H3. The summed E-state index contributed by atoms with van der Waals surface area (Å²) < 4.78 is 27.1. The smallest absolute Gasteiger partial charge is 0.132 e. The predicted molar refractivity (Wildman–Crippen MR) is 55.8 cm³/mol. The molecule has 0 aliphatic heterocycles. The quantitative estimate of drug-likeness (QED) is 0.810. The van der Waals surface area contributed by atoms with Crippen molar-refractivity contribution in [3.8, 4) is 0 Å². The van der Waals surface area contributed by atoms with Gasteiger partial charge < -0.3 is 5.32 Å². The van der Waals surface area contributed by atoms with Crippen LogP contribution in [0.2, 0.25) is 0 Å². The molecule has 0 bridgehead atoms. The van der Waals surface area contributed by atoms with Crippen LogP contribution < -0.4 is 5.32 Å². The molecule has 1 N–H and O–H groups in total. The first kappa shape index (κ1) is 10.6. The Kier molecular flexibility index (Phi) is 2.51. The van der Waals surface area contributed by atoms with Gasteiger partial charge in [0.2, 0.25) is 0 Å². The minimum Gasteiger partial charge on any atom is -0.314 e. The average molecular weight is 211 g/mol. The van der Waals surface area contributed by atoms with Crippen molar-refractivity contribution in [1.82, 2.24) is 5.32 Å². The van der Waals surface area contributed by atoms with Gasteiger partial charge in [-0.05, 0) is 44.9 Å². The van der Waals surface area contributed by atoms with Crippen LogP contribution in [0.1, 0.15) is 24.0 Å². The molecule has 15 heavy (non-hydrogen) atoms. The van der Waals surface area contributed by atoms with Gasteiger partial charge in [-0.15, -0.1) is 0 Å². The fourth-order valence-corrected chi connectivity index (χ4v) is 1.88. The maximum atomic E-state index is 13.7. The van der Waals surface area contributed by atoms with Crippen molar-refractivity contribution in [2.24, 2.45) is 0 Å². The molecule has 1 aliphatic carbocycles. The summed E-state index contributed by atoms with van der Waals surface area (Å²) in [5, 5.41) is 3.14. The second kappa shape index (κ2) is 3.56. The van der Waals surface area contributed by atoms with Crippen LogP contribution in [-0.2, 0) is 6.42 Å². The third kappa shape index (κ3) is 1.88. The molecule has 1 saturated carbocycles. The van der Waals surface area contributed by atoms with E-state index in [1.165, 1.54) is 12.1 Å². The Morgan fingerprint density at radius 3 is 2.53 bits per heavy atom. The van der Waals surface area contributed by atoms with Crippen LogP contribution in [0.15, 0.2) is 12.1 Å². The second-order valence-electron chi connectivity index (χ2n) is 4.36. The zero-order valence-electron chi connectivity index (χ0n) is 9.03. The van der Waals surface area contributed by atoms with Gasteiger partial charge in [0, 0.05) is 11.1 Å². The Morgan fingerprint density at radius 2 is 2.00 bits per heavy atom. The Hall–Kier alpha value is -0.960.